The summed E-state index contributed by atoms with van der Waals surface area (Å²) >= 11 is 0. The Morgan fingerprint density at radius 3 is 2.16 bits per heavy atom. The van der Waals surface area contributed by atoms with E-state index in [-0.39, 0.29) is 43.4 Å². The number of aromatic nitrogens is 1. The zero-order chi connectivity index (χ0) is 22.7. The molecule has 0 saturated carbocycles. The van der Waals surface area contributed by atoms with Crippen LogP contribution in [0.25, 0.3) is 5.69 Å². The Kier molecular flexibility index (Phi) is 6.06. The Labute approximate surface area is 185 Å². The van der Waals surface area contributed by atoms with Gasteiger partial charge in [0.2, 0.25) is 15.9 Å². The number of nitrogens with zero attached hydrogens (tertiary/aromatic N) is 4. The van der Waals surface area contributed by atoms with E-state index in [0.29, 0.717) is 0 Å². The van der Waals surface area contributed by atoms with E-state index in [1.165, 1.54) is 28.6 Å². The lowest BCUT2D eigenvalue weighted by Gasteiger charge is -2.34. The molecule has 0 unspecified atom stereocenters. The number of rotatable bonds is 6. The number of carbonyl (C=O) groups excluding carboxylic acids is 1. The van der Waals surface area contributed by atoms with Crippen LogP contribution < -0.4 is 0 Å². The van der Waals surface area contributed by atoms with Gasteiger partial charge in [0, 0.05) is 50.3 Å². The molecule has 1 amide bonds. The fourth-order valence-corrected chi connectivity index (χ4v) is 5.30. The fraction of sp³-hybridized carbons (Fsp3) is 0.227. The van der Waals surface area contributed by atoms with Crippen molar-refractivity contribution in [3.8, 4) is 5.69 Å². The zero-order valence-electron chi connectivity index (χ0n) is 17.2. The lowest BCUT2D eigenvalue weighted by atomic mass is 10.1. The van der Waals surface area contributed by atoms with Crippen LogP contribution in [-0.4, -0.2) is 59.2 Å². The van der Waals surface area contributed by atoms with Gasteiger partial charge in [-0.25, -0.2) is 8.42 Å². The summed E-state index contributed by atoms with van der Waals surface area (Å²) in [5.74, 6) is -0.0820. The molecule has 0 spiro atoms. The highest BCUT2D eigenvalue weighted by molar-refractivity contribution is 7.89. The molecule has 10 heteroatoms. The van der Waals surface area contributed by atoms with Crippen molar-refractivity contribution in [3.63, 3.8) is 0 Å². The second kappa shape index (κ2) is 8.93. The third-order valence-electron chi connectivity index (χ3n) is 5.47. The average Bonchev–Trinajstić information content (AvgIpc) is 3.34. The SMILES string of the molecule is O=C(Cc1ccc(-n2cccc2)cc1)N1CCN(S(=O)(=O)c2ccccc2[N+](=O)[O-])CC1. The minimum atomic E-state index is -4.02. The Hall–Kier alpha value is -3.50. The van der Waals surface area contributed by atoms with Crippen LogP contribution in [0, 0.1) is 10.1 Å². The Bertz CT molecular complexity index is 1220. The number of amides is 1. The van der Waals surface area contributed by atoms with Crippen LogP contribution in [0.15, 0.2) is 78.0 Å². The van der Waals surface area contributed by atoms with Gasteiger partial charge in [0.25, 0.3) is 5.69 Å². The van der Waals surface area contributed by atoms with Gasteiger partial charge in [-0.3, -0.25) is 14.9 Å². The number of nitro groups is 1. The number of sulfonamides is 1. The summed E-state index contributed by atoms with van der Waals surface area (Å²) in [5, 5.41) is 11.2. The molecule has 166 valence electrons. The summed E-state index contributed by atoms with van der Waals surface area (Å²) in [6.45, 7) is 0.652. The van der Waals surface area contributed by atoms with E-state index in [4.69, 9.17) is 0 Å². The quantitative estimate of drug-likeness (QED) is 0.420. The molecule has 1 fully saturated rings. The highest BCUT2D eigenvalue weighted by Crippen LogP contribution is 2.27. The van der Waals surface area contributed by atoms with Crippen molar-refractivity contribution in [2.24, 2.45) is 0 Å². The Balaban J connectivity index is 1.38. The molecule has 1 aliphatic rings. The van der Waals surface area contributed by atoms with Crippen molar-refractivity contribution in [3.05, 3.63) is 88.7 Å². The standard InChI is InChI=1S/C22H22N4O5S/c27-22(17-18-7-9-19(10-8-18)23-11-3-4-12-23)24-13-15-25(16-14-24)32(30,31)21-6-2-1-5-20(21)26(28)29/h1-12H,13-17H2. The van der Waals surface area contributed by atoms with Crippen LogP contribution in [0.4, 0.5) is 5.69 Å². The van der Waals surface area contributed by atoms with Gasteiger partial charge in [0.05, 0.1) is 11.3 Å². The van der Waals surface area contributed by atoms with Gasteiger partial charge in [-0.05, 0) is 35.9 Å². The first-order valence-corrected chi connectivity index (χ1v) is 11.5. The second-order valence-electron chi connectivity index (χ2n) is 7.44. The molecule has 1 aliphatic heterocycles. The summed E-state index contributed by atoms with van der Waals surface area (Å²) in [6, 6.07) is 16.9. The predicted molar refractivity (Wildman–Crippen MR) is 118 cm³/mol. The van der Waals surface area contributed by atoms with Crippen molar-refractivity contribution in [1.82, 2.24) is 13.8 Å². The van der Waals surface area contributed by atoms with Gasteiger partial charge >= 0.3 is 0 Å². The molecule has 0 atom stereocenters. The van der Waals surface area contributed by atoms with Gasteiger partial charge < -0.3 is 9.47 Å². The molecule has 9 nitrogen and oxygen atoms in total. The van der Waals surface area contributed by atoms with Crippen molar-refractivity contribution < 1.29 is 18.1 Å². The van der Waals surface area contributed by atoms with Crippen LogP contribution in [0.5, 0.6) is 0 Å². The van der Waals surface area contributed by atoms with E-state index in [2.05, 4.69) is 0 Å². The molecule has 4 rings (SSSR count). The molecule has 1 saturated heterocycles. The molecule has 0 aliphatic carbocycles. The minimum absolute atomic E-state index is 0.0820. The maximum Gasteiger partial charge on any atom is 0.289 e. The van der Waals surface area contributed by atoms with Gasteiger partial charge in [0.15, 0.2) is 4.90 Å². The van der Waals surface area contributed by atoms with Crippen molar-refractivity contribution in [1.29, 1.82) is 0 Å². The number of piperazine rings is 1. The van der Waals surface area contributed by atoms with Crippen LogP contribution in [0.1, 0.15) is 5.56 Å². The van der Waals surface area contributed by atoms with E-state index in [0.717, 1.165) is 11.3 Å². The topological polar surface area (TPSA) is 106 Å². The van der Waals surface area contributed by atoms with E-state index in [1.54, 1.807) is 4.90 Å². The van der Waals surface area contributed by atoms with Gasteiger partial charge in [-0.2, -0.15) is 4.31 Å². The minimum Gasteiger partial charge on any atom is -0.340 e. The number of hydrogen-bond donors (Lipinski definition) is 0. The van der Waals surface area contributed by atoms with Crippen LogP contribution >= 0.6 is 0 Å². The third kappa shape index (κ3) is 4.41. The zero-order valence-corrected chi connectivity index (χ0v) is 18.0. The summed E-state index contributed by atoms with van der Waals surface area (Å²) in [6.07, 6.45) is 4.11. The van der Waals surface area contributed by atoms with Crippen molar-refractivity contribution in [2.45, 2.75) is 11.3 Å². The Morgan fingerprint density at radius 2 is 1.53 bits per heavy atom. The normalized spacial score (nSPS) is 14.9. The molecule has 2 aromatic carbocycles. The molecular weight excluding hydrogens is 432 g/mol. The molecule has 0 bridgehead atoms. The van der Waals surface area contributed by atoms with Crippen molar-refractivity contribution in [2.75, 3.05) is 26.2 Å². The summed E-state index contributed by atoms with van der Waals surface area (Å²) < 4.78 is 29.0. The van der Waals surface area contributed by atoms with Crippen LogP contribution in [0.3, 0.4) is 0 Å². The third-order valence-corrected chi connectivity index (χ3v) is 7.41. The number of hydrogen-bond acceptors (Lipinski definition) is 5. The number of para-hydroxylation sites is 1. The smallest absolute Gasteiger partial charge is 0.289 e. The molecule has 0 N–H and O–H groups in total. The van der Waals surface area contributed by atoms with Crippen LogP contribution in [-0.2, 0) is 21.2 Å². The predicted octanol–water partition coefficient (Wildman–Crippen LogP) is 2.46. The van der Waals surface area contributed by atoms with Gasteiger partial charge in [-0.1, -0.05) is 24.3 Å². The summed E-state index contributed by atoms with van der Waals surface area (Å²) in [4.78, 5) is 24.5. The summed E-state index contributed by atoms with van der Waals surface area (Å²) in [5.41, 5.74) is 1.43. The number of benzene rings is 2. The lowest BCUT2D eigenvalue weighted by molar-refractivity contribution is -0.387. The van der Waals surface area contributed by atoms with Crippen molar-refractivity contribution >= 4 is 21.6 Å². The van der Waals surface area contributed by atoms with E-state index in [1.807, 2.05) is 53.4 Å². The molecule has 2 heterocycles. The molecular formula is C22H22N4O5S. The first-order valence-electron chi connectivity index (χ1n) is 10.1. The highest BCUT2D eigenvalue weighted by atomic mass is 32.2. The first kappa shape index (κ1) is 21.7. The molecule has 32 heavy (non-hydrogen) atoms. The molecule has 1 aromatic heterocycles. The largest absolute Gasteiger partial charge is 0.340 e. The Morgan fingerprint density at radius 1 is 0.906 bits per heavy atom. The fourth-order valence-electron chi connectivity index (χ4n) is 3.72. The average molecular weight is 455 g/mol. The van der Waals surface area contributed by atoms with Gasteiger partial charge in [-0.15, -0.1) is 0 Å². The number of nitro benzene ring substituents is 1. The number of carbonyl (C=O) groups is 1. The van der Waals surface area contributed by atoms with Crippen LogP contribution in [0.2, 0.25) is 0 Å². The second-order valence-corrected chi connectivity index (χ2v) is 9.35. The van der Waals surface area contributed by atoms with E-state index in [9.17, 15) is 23.3 Å². The van der Waals surface area contributed by atoms with E-state index >= 15 is 0 Å². The lowest BCUT2D eigenvalue weighted by Crippen LogP contribution is -2.50. The highest BCUT2D eigenvalue weighted by Gasteiger charge is 2.34. The first-order chi connectivity index (χ1) is 15.4. The summed E-state index contributed by atoms with van der Waals surface area (Å²) in [7, 11) is -4.02. The molecule has 3 aromatic rings. The maximum atomic E-state index is 12.9. The van der Waals surface area contributed by atoms with E-state index < -0.39 is 20.6 Å². The van der Waals surface area contributed by atoms with Gasteiger partial charge in [0.1, 0.15) is 0 Å². The molecule has 0 radical (unpaired) electrons. The monoisotopic (exact) mass is 454 g/mol. The maximum absolute atomic E-state index is 12.9.